The van der Waals surface area contributed by atoms with Crippen molar-refractivity contribution in [2.24, 2.45) is 0 Å². The van der Waals surface area contributed by atoms with Gasteiger partial charge < -0.3 is 9.13 Å². The van der Waals surface area contributed by atoms with Gasteiger partial charge in [0.05, 0.1) is 22.1 Å². The number of aromatic nitrogens is 5. The Morgan fingerprint density at radius 1 is 0.235 bits per heavy atom. The van der Waals surface area contributed by atoms with Gasteiger partial charge in [0.2, 0.25) is 0 Å². The van der Waals surface area contributed by atoms with Crippen molar-refractivity contribution in [2.75, 3.05) is 0 Å². The predicted octanol–water partition coefficient (Wildman–Crippen LogP) is 16.2. The molecular weight excluding hydrogens is 827 g/mol. The van der Waals surface area contributed by atoms with Gasteiger partial charge in [0.15, 0.2) is 17.5 Å². The Kier molecular flexibility index (Phi) is 8.52. The highest BCUT2D eigenvalue weighted by Crippen LogP contribution is 2.40. The summed E-state index contributed by atoms with van der Waals surface area (Å²) >= 11 is 0. The lowest BCUT2D eigenvalue weighted by atomic mass is 10.00. The first-order valence-electron chi connectivity index (χ1n) is 23.1. The van der Waals surface area contributed by atoms with Crippen LogP contribution in [0.2, 0.25) is 0 Å². The maximum Gasteiger partial charge on any atom is 0.164 e. The monoisotopic (exact) mass is 865 g/mol. The molecular formula is C63H39N5. The third kappa shape index (κ3) is 6.06. The average Bonchev–Trinajstić information content (AvgIpc) is 3.94. The lowest BCUT2D eigenvalue weighted by Crippen LogP contribution is -2.01. The van der Waals surface area contributed by atoms with E-state index in [4.69, 9.17) is 15.0 Å². The molecule has 0 aliphatic heterocycles. The van der Waals surface area contributed by atoms with Gasteiger partial charge in [-0.3, -0.25) is 0 Å². The molecule has 0 atom stereocenters. The van der Waals surface area contributed by atoms with Crippen LogP contribution >= 0.6 is 0 Å². The molecule has 0 aliphatic rings. The molecule has 5 heteroatoms. The minimum absolute atomic E-state index is 0.615. The number of hydrogen-bond acceptors (Lipinski definition) is 3. The highest BCUT2D eigenvalue weighted by molar-refractivity contribution is 6.19. The summed E-state index contributed by atoms with van der Waals surface area (Å²) in [5.41, 5.74) is 11.9. The summed E-state index contributed by atoms with van der Waals surface area (Å²) in [5.74, 6) is 1.88. The minimum Gasteiger partial charge on any atom is -0.309 e. The van der Waals surface area contributed by atoms with E-state index in [0.29, 0.717) is 17.5 Å². The zero-order valence-corrected chi connectivity index (χ0v) is 36.8. The molecule has 0 spiro atoms. The SMILES string of the molecule is c1ccc(-c2nc(-c3cccc(-n4c5cc(-c6ccc(-n7c8ccccc8c8ccccc87)cc6)ccc5c5ccc6ccccc6c54)c3)nc(-c3ccc4c(ccc5ccccc54)c3)n2)cc1. The minimum atomic E-state index is 0.615. The standard InChI is InChI=1S/C63H39N5/c1-2-15-43(16-3-1)61-64-62(66-63(65-61)47-31-34-51-45(37-47)26-25-41-13-4-6-19-50(41)51)46-17-12-18-49(38-46)68-59-39-44(30-35-55(59)56-36-29-42-14-5-7-20-52(42)60(56)68)40-27-32-48(33-28-40)67-57-23-10-8-21-53(57)54-22-9-11-24-58(54)67/h1-39H. The number of benzene rings is 11. The number of nitrogens with zero attached hydrogens (tertiary/aromatic N) is 5. The van der Waals surface area contributed by atoms with Crippen LogP contribution in [0.25, 0.3) is 133 Å². The van der Waals surface area contributed by atoms with Gasteiger partial charge in [0.25, 0.3) is 0 Å². The molecule has 0 amide bonds. The molecule has 14 aromatic rings. The van der Waals surface area contributed by atoms with Crippen molar-refractivity contribution >= 4 is 75.9 Å². The van der Waals surface area contributed by atoms with E-state index in [1.165, 1.54) is 65.0 Å². The van der Waals surface area contributed by atoms with E-state index in [1.54, 1.807) is 0 Å². The molecule has 0 fully saturated rings. The largest absolute Gasteiger partial charge is 0.309 e. The van der Waals surface area contributed by atoms with Crippen LogP contribution in [0.4, 0.5) is 0 Å². The first-order valence-corrected chi connectivity index (χ1v) is 23.1. The van der Waals surface area contributed by atoms with E-state index in [9.17, 15) is 0 Å². The summed E-state index contributed by atoms with van der Waals surface area (Å²) in [4.78, 5) is 15.5. The van der Waals surface area contributed by atoms with Crippen molar-refractivity contribution in [1.29, 1.82) is 0 Å². The molecule has 5 nitrogen and oxygen atoms in total. The van der Waals surface area contributed by atoms with E-state index < -0.39 is 0 Å². The van der Waals surface area contributed by atoms with Gasteiger partial charge >= 0.3 is 0 Å². The number of fused-ring (bicyclic) bond motifs is 11. The summed E-state index contributed by atoms with van der Waals surface area (Å²) < 4.78 is 4.80. The highest BCUT2D eigenvalue weighted by atomic mass is 15.0. The quantitative estimate of drug-likeness (QED) is 0.156. The van der Waals surface area contributed by atoms with Crippen LogP contribution in [0.3, 0.4) is 0 Å². The molecule has 11 aromatic carbocycles. The van der Waals surface area contributed by atoms with Gasteiger partial charge in [-0.15, -0.1) is 0 Å². The maximum absolute atomic E-state index is 5.25. The molecule has 0 N–H and O–H groups in total. The van der Waals surface area contributed by atoms with Crippen molar-refractivity contribution in [3.05, 3.63) is 237 Å². The van der Waals surface area contributed by atoms with E-state index in [-0.39, 0.29) is 0 Å². The third-order valence-corrected chi connectivity index (χ3v) is 13.7. The second kappa shape index (κ2) is 15.2. The third-order valence-electron chi connectivity index (χ3n) is 13.7. The van der Waals surface area contributed by atoms with Crippen LogP contribution in [-0.4, -0.2) is 24.1 Å². The van der Waals surface area contributed by atoms with Gasteiger partial charge in [-0.1, -0.05) is 188 Å². The molecule has 3 aromatic heterocycles. The number of para-hydroxylation sites is 2. The van der Waals surface area contributed by atoms with E-state index >= 15 is 0 Å². The average molecular weight is 866 g/mol. The first kappa shape index (κ1) is 38.1. The normalized spacial score (nSPS) is 11.8. The van der Waals surface area contributed by atoms with Crippen molar-refractivity contribution in [1.82, 2.24) is 24.1 Å². The molecule has 14 rings (SSSR count). The molecule has 0 bridgehead atoms. The summed E-state index contributed by atoms with van der Waals surface area (Å²) in [6.07, 6.45) is 0. The second-order valence-electron chi connectivity index (χ2n) is 17.6. The van der Waals surface area contributed by atoms with Crippen LogP contribution in [0.15, 0.2) is 237 Å². The first-order chi connectivity index (χ1) is 33.7. The van der Waals surface area contributed by atoms with Gasteiger partial charge in [-0.2, -0.15) is 0 Å². The summed E-state index contributed by atoms with van der Waals surface area (Å²) in [7, 11) is 0. The Labute approximate surface area is 391 Å². The van der Waals surface area contributed by atoms with Crippen molar-refractivity contribution in [2.45, 2.75) is 0 Å². The maximum atomic E-state index is 5.25. The molecule has 0 unspecified atom stereocenters. The van der Waals surface area contributed by atoms with Crippen molar-refractivity contribution in [3.63, 3.8) is 0 Å². The van der Waals surface area contributed by atoms with Crippen LogP contribution in [0.1, 0.15) is 0 Å². The Morgan fingerprint density at radius 2 is 0.735 bits per heavy atom. The fraction of sp³-hybridized carbons (Fsp3) is 0. The zero-order chi connectivity index (χ0) is 44.7. The fourth-order valence-corrected chi connectivity index (χ4v) is 10.5. The van der Waals surface area contributed by atoms with Crippen LogP contribution < -0.4 is 0 Å². The number of hydrogen-bond donors (Lipinski definition) is 0. The summed E-state index contributed by atoms with van der Waals surface area (Å²) in [6.45, 7) is 0. The summed E-state index contributed by atoms with van der Waals surface area (Å²) in [5, 5.41) is 12.1. The fourth-order valence-electron chi connectivity index (χ4n) is 10.5. The van der Waals surface area contributed by atoms with E-state index in [2.05, 4.69) is 228 Å². The number of rotatable bonds is 6. The van der Waals surface area contributed by atoms with Crippen LogP contribution in [0.5, 0.6) is 0 Å². The molecule has 316 valence electrons. The van der Waals surface area contributed by atoms with Crippen LogP contribution in [-0.2, 0) is 0 Å². The Balaban J connectivity index is 0.926. The molecule has 0 aliphatic carbocycles. The van der Waals surface area contributed by atoms with Gasteiger partial charge in [-0.05, 0) is 86.6 Å². The van der Waals surface area contributed by atoms with Gasteiger partial charge in [0.1, 0.15) is 0 Å². The van der Waals surface area contributed by atoms with Gasteiger partial charge in [-0.25, -0.2) is 15.0 Å². The van der Waals surface area contributed by atoms with Crippen LogP contribution in [0, 0.1) is 0 Å². The van der Waals surface area contributed by atoms with Crippen molar-refractivity contribution < 1.29 is 0 Å². The molecule has 3 heterocycles. The van der Waals surface area contributed by atoms with E-state index in [0.717, 1.165) is 50.1 Å². The molecule has 68 heavy (non-hydrogen) atoms. The van der Waals surface area contributed by atoms with Gasteiger partial charge in [0, 0.05) is 55.0 Å². The predicted molar refractivity (Wildman–Crippen MR) is 283 cm³/mol. The lowest BCUT2D eigenvalue weighted by molar-refractivity contribution is 1.07. The Morgan fingerprint density at radius 3 is 1.49 bits per heavy atom. The second-order valence-corrected chi connectivity index (χ2v) is 17.6. The highest BCUT2D eigenvalue weighted by Gasteiger charge is 2.19. The molecule has 0 saturated carbocycles. The van der Waals surface area contributed by atoms with Crippen molar-refractivity contribution in [3.8, 4) is 56.7 Å². The van der Waals surface area contributed by atoms with E-state index in [1.807, 2.05) is 18.2 Å². The topological polar surface area (TPSA) is 48.5 Å². The smallest absolute Gasteiger partial charge is 0.164 e. The Bertz CT molecular complexity index is 4260. The Hall–Kier alpha value is -9.19. The summed E-state index contributed by atoms with van der Waals surface area (Å²) in [6, 6.07) is 84.7. The lowest BCUT2D eigenvalue weighted by Gasteiger charge is -2.13. The zero-order valence-electron chi connectivity index (χ0n) is 36.8. The molecule has 0 radical (unpaired) electrons. The molecule has 0 saturated heterocycles.